The third-order valence-electron chi connectivity index (χ3n) is 3.92. The van der Waals surface area contributed by atoms with Gasteiger partial charge >= 0.3 is 0 Å². The van der Waals surface area contributed by atoms with Crippen LogP contribution in [0.3, 0.4) is 0 Å². The first-order valence-electron chi connectivity index (χ1n) is 6.10. The van der Waals surface area contributed by atoms with E-state index in [2.05, 4.69) is 11.9 Å². The lowest BCUT2D eigenvalue weighted by molar-refractivity contribution is 0.227. The van der Waals surface area contributed by atoms with Crippen molar-refractivity contribution in [2.45, 2.75) is 32.2 Å². The summed E-state index contributed by atoms with van der Waals surface area (Å²) in [6.07, 6.45) is 3.75. The molecule has 0 bridgehead atoms. The molecule has 1 unspecified atom stereocenters. The van der Waals surface area contributed by atoms with E-state index in [1.165, 1.54) is 31.4 Å². The summed E-state index contributed by atoms with van der Waals surface area (Å²) in [7, 11) is 0. The molecule has 90 valence electrons. The Morgan fingerprint density at radius 3 is 2.88 bits per heavy atom. The van der Waals surface area contributed by atoms with Gasteiger partial charge < -0.3 is 10.3 Å². The van der Waals surface area contributed by atoms with Crippen LogP contribution in [-0.4, -0.2) is 9.55 Å². The molecular formula is C13H16FN3. The van der Waals surface area contributed by atoms with Crippen LogP contribution in [0.2, 0.25) is 0 Å². The lowest BCUT2D eigenvalue weighted by Gasteiger charge is -2.32. The molecule has 4 heteroatoms. The second kappa shape index (κ2) is 3.72. The van der Waals surface area contributed by atoms with Gasteiger partial charge in [0.2, 0.25) is 5.95 Å². The number of nitrogen functional groups attached to an aromatic ring is 1. The van der Waals surface area contributed by atoms with Crippen LogP contribution in [-0.2, 0) is 0 Å². The Morgan fingerprint density at radius 2 is 2.24 bits per heavy atom. The van der Waals surface area contributed by atoms with Crippen molar-refractivity contribution in [1.29, 1.82) is 0 Å². The van der Waals surface area contributed by atoms with Crippen LogP contribution in [0.4, 0.5) is 10.3 Å². The van der Waals surface area contributed by atoms with E-state index in [9.17, 15) is 4.39 Å². The average Bonchev–Trinajstić information content (AvgIpc) is 2.50. The zero-order chi connectivity index (χ0) is 12.0. The summed E-state index contributed by atoms with van der Waals surface area (Å²) in [4.78, 5) is 4.29. The number of aromatic nitrogens is 2. The number of nitrogens with zero attached hydrogens (tertiary/aromatic N) is 2. The highest BCUT2D eigenvalue weighted by atomic mass is 19.1. The van der Waals surface area contributed by atoms with Gasteiger partial charge in [-0.15, -0.1) is 0 Å². The maximum Gasteiger partial charge on any atom is 0.201 e. The number of benzene rings is 1. The van der Waals surface area contributed by atoms with Crippen molar-refractivity contribution in [1.82, 2.24) is 9.55 Å². The van der Waals surface area contributed by atoms with Crippen molar-refractivity contribution in [3.05, 3.63) is 24.0 Å². The first kappa shape index (κ1) is 10.6. The normalized spacial score (nSPS) is 18.2. The van der Waals surface area contributed by atoms with Gasteiger partial charge in [-0.3, -0.25) is 0 Å². The third kappa shape index (κ3) is 1.59. The summed E-state index contributed by atoms with van der Waals surface area (Å²) in [6.45, 7) is 2.15. The predicted octanol–water partition coefficient (Wildman–Crippen LogP) is 3.12. The lowest BCUT2D eigenvalue weighted by Crippen LogP contribution is -2.23. The number of rotatable bonds is 2. The third-order valence-corrected chi connectivity index (χ3v) is 3.92. The summed E-state index contributed by atoms with van der Waals surface area (Å²) in [5, 5.41) is 0. The van der Waals surface area contributed by atoms with Crippen LogP contribution < -0.4 is 5.73 Å². The number of hydrogen-bond acceptors (Lipinski definition) is 2. The number of hydrogen-bond donors (Lipinski definition) is 1. The molecule has 1 saturated carbocycles. The number of halogens is 1. The average molecular weight is 233 g/mol. The van der Waals surface area contributed by atoms with E-state index in [1.807, 2.05) is 4.57 Å². The Kier molecular flexibility index (Phi) is 2.31. The smallest absolute Gasteiger partial charge is 0.201 e. The van der Waals surface area contributed by atoms with Crippen molar-refractivity contribution in [2.75, 3.05) is 5.73 Å². The zero-order valence-corrected chi connectivity index (χ0v) is 9.86. The summed E-state index contributed by atoms with van der Waals surface area (Å²) >= 11 is 0. The molecule has 1 aliphatic rings. The first-order valence-corrected chi connectivity index (χ1v) is 6.10. The molecule has 1 fully saturated rings. The van der Waals surface area contributed by atoms with Crippen molar-refractivity contribution < 1.29 is 4.39 Å². The van der Waals surface area contributed by atoms with E-state index in [-0.39, 0.29) is 5.82 Å². The SMILES string of the molecule is CC(C1CCC1)n1c(N)nc2ccc(F)cc21. The van der Waals surface area contributed by atoms with E-state index in [4.69, 9.17) is 5.73 Å². The van der Waals surface area contributed by atoms with Crippen molar-refractivity contribution >= 4 is 17.0 Å². The molecule has 1 aromatic carbocycles. The number of imidazole rings is 1. The number of anilines is 1. The summed E-state index contributed by atoms with van der Waals surface area (Å²) in [5.74, 6) is 0.905. The Bertz CT molecular complexity index is 557. The summed E-state index contributed by atoms with van der Waals surface area (Å²) < 4.78 is 15.3. The van der Waals surface area contributed by atoms with E-state index >= 15 is 0 Å². The van der Waals surface area contributed by atoms with Crippen LogP contribution >= 0.6 is 0 Å². The molecule has 0 aliphatic heterocycles. The van der Waals surface area contributed by atoms with E-state index < -0.39 is 0 Å². The monoisotopic (exact) mass is 233 g/mol. The van der Waals surface area contributed by atoms with Gasteiger partial charge in [0.1, 0.15) is 5.82 Å². The highest BCUT2D eigenvalue weighted by molar-refractivity contribution is 5.78. The molecule has 2 aromatic rings. The van der Waals surface area contributed by atoms with Gasteiger partial charge in [-0.1, -0.05) is 6.42 Å². The minimum atomic E-state index is -0.237. The van der Waals surface area contributed by atoms with Gasteiger partial charge in [0, 0.05) is 6.04 Å². The molecule has 0 saturated heterocycles. The second-order valence-corrected chi connectivity index (χ2v) is 4.90. The van der Waals surface area contributed by atoms with Crippen LogP contribution in [0, 0.1) is 11.7 Å². The van der Waals surface area contributed by atoms with Crippen LogP contribution in [0.5, 0.6) is 0 Å². The minimum Gasteiger partial charge on any atom is -0.369 e. The lowest BCUT2D eigenvalue weighted by atomic mass is 9.80. The molecule has 3 nitrogen and oxygen atoms in total. The molecule has 1 heterocycles. The quantitative estimate of drug-likeness (QED) is 0.866. The number of fused-ring (bicyclic) bond motifs is 1. The maximum atomic E-state index is 13.3. The predicted molar refractivity (Wildman–Crippen MR) is 66.2 cm³/mol. The van der Waals surface area contributed by atoms with Crippen LogP contribution in [0.15, 0.2) is 18.2 Å². The van der Waals surface area contributed by atoms with Gasteiger partial charge in [-0.25, -0.2) is 9.37 Å². The molecule has 0 amide bonds. The molecule has 3 rings (SSSR count). The van der Waals surface area contributed by atoms with Crippen molar-refractivity contribution in [3.63, 3.8) is 0 Å². The van der Waals surface area contributed by atoms with Gasteiger partial charge in [0.05, 0.1) is 11.0 Å². The standard InChI is InChI=1S/C13H16FN3/c1-8(9-3-2-4-9)17-12-7-10(14)5-6-11(12)16-13(17)15/h5-9H,2-4H2,1H3,(H2,15,16). The maximum absolute atomic E-state index is 13.3. The fraction of sp³-hybridized carbons (Fsp3) is 0.462. The molecule has 2 N–H and O–H groups in total. The molecular weight excluding hydrogens is 217 g/mol. The van der Waals surface area contributed by atoms with E-state index in [0.29, 0.717) is 17.9 Å². The largest absolute Gasteiger partial charge is 0.369 e. The number of nitrogens with two attached hydrogens (primary N) is 1. The highest BCUT2D eigenvalue weighted by Crippen LogP contribution is 2.38. The molecule has 0 radical (unpaired) electrons. The fourth-order valence-electron chi connectivity index (χ4n) is 2.65. The van der Waals surface area contributed by atoms with Gasteiger partial charge in [-0.2, -0.15) is 0 Å². The van der Waals surface area contributed by atoms with Crippen LogP contribution in [0.1, 0.15) is 32.2 Å². The van der Waals surface area contributed by atoms with Crippen molar-refractivity contribution in [3.8, 4) is 0 Å². The van der Waals surface area contributed by atoms with Crippen LogP contribution in [0.25, 0.3) is 11.0 Å². The highest BCUT2D eigenvalue weighted by Gasteiger charge is 2.27. The van der Waals surface area contributed by atoms with E-state index in [0.717, 1.165) is 11.0 Å². The van der Waals surface area contributed by atoms with Gasteiger partial charge in [0.25, 0.3) is 0 Å². The van der Waals surface area contributed by atoms with Gasteiger partial charge in [0.15, 0.2) is 0 Å². The zero-order valence-electron chi connectivity index (χ0n) is 9.86. The Morgan fingerprint density at radius 1 is 1.47 bits per heavy atom. The topological polar surface area (TPSA) is 43.8 Å². The Hall–Kier alpha value is -1.58. The fourth-order valence-corrected chi connectivity index (χ4v) is 2.65. The summed E-state index contributed by atoms with van der Waals surface area (Å²) in [6, 6.07) is 4.93. The molecule has 1 aliphatic carbocycles. The first-order chi connectivity index (χ1) is 8.16. The molecule has 1 atom stereocenters. The molecule has 17 heavy (non-hydrogen) atoms. The minimum absolute atomic E-state index is 0.237. The van der Waals surface area contributed by atoms with Gasteiger partial charge in [-0.05, 0) is 43.9 Å². The Balaban J connectivity index is 2.13. The summed E-state index contributed by atoms with van der Waals surface area (Å²) in [5.41, 5.74) is 7.53. The van der Waals surface area contributed by atoms with E-state index in [1.54, 1.807) is 6.07 Å². The Labute approximate surface area is 99.4 Å². The van der Waals surface area contributed by atoms with Crippen molar-refractivity contribution in [2.24, 2.45) is 5.92 Å². The molecule has 0 spiro atoms. The second-order valence-electron chi connectivity index (χ2n) is 4.90. The molecule has 1 aromatic heterocycles.